The van der Waals surface area contributed by atoms with Crippen LogP contribution in [0.15, 0.2) is 194 Å². The van der Waals surface area contributed by atoms with Gasteiger partial charge >= 0.3 is 0 Å². The van der Waals surface area contributed by atoms with Crippen molar-refractivity contribution in [3.05, 3.63) is 211 Å². The Balaban J connectivity index is 0.859. The molecule has 54 heavy (non-hydrogen) atoms. The Kier molecular flexibility index (Phi) is 8.15. The molecule has 0 spiro atoms. The SMILES string of the molecule is C1=Cc2cccc(N(c3ccccc3)c3ccc(-c4ccc(-c5ccc(C6C=CC(n7c8ccccc8c8ccccc87)=CC6)cc5)cc4)cc3)c2CC1. The average Bonchev–Trinajstić information content (AvgIpc) is 3.59. The molecule has 1 aromatic heterocycles. The van der Waals surface area contributed by atoms with Crippen LogP contribution in [-0.4, -0.2) is 4.57 Å². The first-order chi connectivity index (χ1) is 26.8. The third-order valence-corrected chi connectivity index (χ3v) is 11.2. The van der Waals surface area contributed by atoms with Crippen LogP contribution in [0.1, 0.15) is 35.4 Å². The maximum Gasteiger partial charge on any atom is 0.0540 e. The van der Waals surface area contributed by atoms with Crippen LogP contribution in [0, 0.1) is 0 Å². The van der Waals surface area contributed by atoms with Crippen molar-refractivity contribution in [3.63, 3.8) is 0 Å². The molecule has 1 unspecified atom stereocenters. The van der Waals surface area contributed by atoms with E-state index in [1.54, 1.807) is 0 Å². The molecule has 8 aromatic rings. The highest BCUT2D eigenvalue weighted by Crippen LogP contribution is 2.41. The standard InChI is InChI=1S/C52H40N2/c1-2-13-44(14-3-1)53(50-20-10-12-43-11-4-5-15-47(43)50)45-33-29-41(30-34-45)39-25-21-37(22-26-39)38-23-27-40(28-24-38)42-31-35-46(36-32-42)54-51-18-8-6-16-48(51)49-17-7-9-19-52(49)54/h1-4,6-14,16-31,33-36,42H,5,15,32H2. The van der Waals surface area contributed by atoms with E-state index in [1.807, 2.05) is 0 Å². The molecule has 0 fully saturated rings. The van der Waals surface area contributed by atoms with Crippen LogP contribution in [0.3, 0.4) is 0 Å². The van der Waals surface area contributed by atoms with E-state index < -0.39 is 0 Å². The average molecular weight is 693 g/mol. The number of para-hydroxylation sites is 3. The van der Waals surface area contributed by atoms with Crippen LogP contribution in [0.4, 0.5) is 17.1 Å². The lowest BCUT2D eigenvalue weighted by molar-refractivity contribution is 0.850. The number of nitrogens with zero attached hydrogens (tertiary/aromatic N) is 2. The predicted molar refractivity (Wildman–Crippen MR) is 230 cm³/mol. The zero-order valence-corrected chi connectivity index (χ0v) is 30.1. The van der Waals surface area contributed by atoms with Crippen LogP contribution in [0.25, 0.3) is 55.8 Å². The Morgan fingerprint density at radius 1 is 0.500 bits per heavy atom. The van der Waals surface area contributed by atoms with E-state index in [2.05, 4.69) is 210 Å². The largest absolute Gasteiger partial charge is 0.310 e. The Morgan fingerprint density at radius 2 is 1.07 bits per heavy atom. The van der Waals surface area contributed by atoms with Crippen LogP contribution < -0.4 is 4.90 Å². The molecular formula is C52H40N2. The number of fused-ring (bicyclic) bond motifs is 4. The summed E-state index contributed by atoms with van der Waals surface area (Å²) in [5.41, 5.74) is 16.3. The van der Waals surface area contributed by atoms with Crippen LogP contribution in [0.2, 0.25) is 0 Å². The first-order valence-corrected chi connectivity index (χ1v) is 19.1. The molecular weight excluding hydrogens is 653 g/mol. The number of rotatable bonds is 7. The van der Waals surface area contributed by atoms with Crippen molar-refractivity contribution in [1.82, 2.24) is 4.57 Å². The zero-order valence-electron chi connectivity index (χ0n) is 30.1. The molecule has 7 aromatic carbocycles. The summed E-state index contributed by atoms with van der Waals surface area (Å²) in [6.07, 6.45) is 14.7. The maximum atomic E-state index is 2.41. The molecule has 258 valence electrons. The van der Waals surface area contributed by atoms with Crippen molar-refractivity contribution in [2.75, 3.05) is 4.90 Å². The van der Waals surface area contributed by atoms with Gasteiger partial charge in [-0.1, -0.05) is 152 Å². The summed E-state index contributed by atoms with van der Waals surface area (Å²) in [6, 6.07) is 62.0. The van der Waals surface area contributed by atoms with Crippen LogP contribution in [-0.2, 0) is 6.42 Å². The van der Waals surface area contributed by atoms with Gasteiger partial charge in [0.2, 0.25) is 0 Å². The summed E-state index contributed by atoms with van der Waals surface area (Å²) in [6.45, 7) is 0. The molecule has 2 nitrogen and oxygen atoms in total. The topological polar surface area (TPSA) is 8.17 Å². The number of hydrogen-bond acceptors (Lipinski definition) is 1. The highest BCUT2D eigenvalue weighted by atomic mass is 15.1. The van der Waals surface area contributed by atoms with Gasteiger partial charge in [-0.25, -0.2) is 0 Å². The minimum Gasteiger partial charge on any atom is -0.310 e. The van der Waals surface area contributed by atoms with Crippen molar-refractivity contribution in [1.29, 1.82) is 0 Å². The Morgan fingerprint density at radius 3 is 1.70 bits per heavy atom. The van der Waals surface area contributed by atoms with Crippen LogP contribution in [0.5, 0.6) is 0 Å². The lowest BCUT2D eigenvalue weighted by atomic mass is 9.90. The minimum absolute atomic E-state index is 0.364. The number of hydrogen-bond donors (Lipinski definition) is 0. The molecule has 2 heteroatoms. The van der Waals surface area contributed by atoms with Crippen molar-refractivity contribution in [3.8, 4) is 22.3 Å². The Labute approximate surface area is 317 Å². The first kappa shape index (κ1) is 32.0. The van der Waals surface area contributed by atoms with Gasteiger partial charge in [-0.3, -0.25) is 0 Å². The lowest BCUT2D eigenvalue weighted by Gasteiger charge is -2.29. The van der Waals surface area contributed by atoms with Crippen LogP contribution >= 0.6 is 0 Å². The van der Waals surface area contributed by atoms with Gasteiger partial charge in [-0.05, 0) is 107 Å². The van der Waals surface area contributed by atoms with E-state index in [-0.39, 0.29) is 0 Å². The molecule has 2 aliphatic rings. The molecule has 1 heterocycles. The second-order valence-corrected chi connectivity index (χ2v) is 14.4. The molecule has 0 radical (unpaired) electrons. The molecule has 0 bridgehead atoms. The third-order valence-electron chi connectivity index (χ3n) is 11.2. The molecule has 0 saturated heterocycles. The quantitative estimate of drug-likeness (QED) is 0.161. The third kappa shape index (κ3) is 5.77. The second kappa shape index (κ2) is 13.7. The van der Waals surface area contributed by atoms with Gasteiger partial charge in [-0.15, -0.1) is 0 Å². The van der Waals surface area contributed by atoms with Gasteiger partial charge < -0.3 is 9.47 Å². The summed E-state index contributed by atoms with van der Waals surface area (Å²) < 4.78 is 2.41. The molecule has 1 atom stereocenters. The normalized spacial score (nSPS) is 15.0. The summed E-state index contributed by atoms with van der Waals surface area (Å²) in [5, 5.41) is 2.60. The van der Waals surface area contributed by atoms with Crippen molar-refractivity contribution < 1.29 is 0 Å². The highest BCUT2D eigenvalue weighted by Gasteiger charge is 2.19. The fourth-order valence-corrected chi connectivity index (χ4v) is 8.48. The molecule has 0 aliphatic heterocycles. The van der Waals surface area contributed by atoms with Crippen molar-refractivity contribution in [2.24, 2.45) is 0 Å². The maximum absolute atomic E-state index is 2.41. The molecule has 0 saturated carbocycles. The summed E-state index contributed by atoms with van der Waals surface area (Å²) in [5.74, 6) is 0.364. The summed E-state index contributed by atoms with van der Waals surface area (Å²) >= 11 is 0. The number of benzene rings is 7. The predicted octanol–water partition coefficient (Wildman–Crippen LogP) is 14.1. The number of aromatic nitrogens is 1. The summed E-state index contributed by atoms with van der Waals surface area (Å²) in [7, 11) is 0. The van der Waals surface area contributed by atoms with Crippen molar-refractivity contribution >= 4 is 50.6 Å². The zero-order chi connectivity index (χ0) is 35.8. The van der Waals surface area contributed by atoms with E-state index in [0.717, 1.165) is 24.9 Å². The Hall–Kier alpha value is -6.64. The minimum atomic E-state index is 0.364. The lowest BCUT2D eigenvalue weighted by Crippen LogP contribution is -2.13. The van der Waals surface area contributed by atoms with Gasteiger partial charge in [0.05, 0.1) is 11.0 Å². The summed E-state index contributed by atoms with van der Waals surface area (Å²) in [4.78, 5) is 2.40. The molecule has 0 amide bonds. The van der Waals surface area contributed by atoms with Gasteiger partial charge in [0.15, 0.2) is 0 Å². The fraction of sp³-hybridized carbons (Fsp3) is 0.0769. The van der Waals surface area contributed by atoms with E-state index in [4.69, 9.17) is 0 Å². The Bertz CT molecular complexity index is 2660. The smallest absolute Gasteiger partial charge is 0.0540 e. The number of anilines is 3. The first-order valence-electron chi connectivity index (χ1n) is 19.1. The van der Waals surface area contributed by atoms with E-state index in [1.165, 1.54) is 77.8 Å². The molecule has 2 aliphatic carbocycles. The van der Waals surface area contributed by atoms with Gasteiger partial charge in [0, 0.05) is 39.4 Å². The van der Waals surface area contributed by atoms with E-state index >= 15 is 0 Å². The molecule has 0 N–H and O–H groups in total. The molecule has 10 rings (SSSR count). The van der Waals surface area contributed by atoms with E-state index in [9.17, 15) is 0 Å². The number of allylic oxidation sites excluding steroid dienone is 5. The highest BCUT2D eigenvalue weighted by molar-refractivity contribution is 6.10. The second-order valence-electron chi connectivity index (χ2n) is 14.4. The monoisotopic (exact) mass is 692 g/mol. The van der Waals surface area contributed by atoms with Gasteiger partial charge in [0.1, 0.15) is 0 Å². The van der Waals surface area contributed by atoms with Gasteiger partial charge in [0.25, 0.3) is 0 Å². The van der Waals surface area contributed by atoms with Crippen molar-refractivity contribution in [2.45, 2.75) is 25.2 Å². The fourth-order valence-electron chi connectivity index (χ4n) is 8.48. The van der Waals surface area contributed by atoms with Gasteiger partial charge in [-0.2, -0.15) is 0 Å². The van der Waals surface area contributed by atoms with E-state index in [0.29, 0.717) is 5.92 Å².